The molecule has 212 valence electrons. The lowest BCUT2D eigenvalue weighted by atomic mass is 10.1. The summed E-state index contributed by atoms with van der Waals surface area (Å²) < 4.78 is 35.4. The lowest BCUT2D eigenvalue weighted by molar-refractivity contribution is -0.344. The first-order valence-electron chi connectivity index (χ1n) is 13.6. The van der Waals surface area contributed by atoms with Crippen LogP contribution in [0.2, 0.25) is 0 Å². The van der Waals surface area contributed by atoms with Gasteiger partial charge in [-0.3, -0.25) is 0 Å². The molecule has 0 spiro atoms. The summed E-state index contributed by atoms with van der Waals surface area (Å²) in [5, 5.41) is 17.2. The van der Waals surface area contributed by atoms with Crippen molar-refractivity contribution in [1.82, 2.24) is 20.2 Å². The number of nitrogens with zero attached hydrogens (tertiary/aromatic N) is 3. The van der Waals surface area contributed by atoms with Crippen LogP contribution in [0, 0.1) is 0 Å². The highest BCUT2D eigenvalue weighted by atomic mass is 32.1. The molecule has 7 nitrogen and oxygen atoms in total. The van der Waals surface area contributed by atoms with Crippen LogP contribution < -0.4 is 30.6 Å². The van der Waals surface area contributed by atoms with Gasteiger partial charge in [-0.1, -0.05) is 13.8 Å². The van der Waals surface area contributed by atoms with Crippen molar-refractivity contribution < 1.29 is 23.1 Å². The number of benzene rings is 2. The molecule has 0 unspecified atom stereocenters. The monoisotopic (exact) mass is 563 g/mol. The van der Waals surface area contributed by atoms with E-state index in [-0.39, 0.29) is 0 Å². The average molecular weight is 564 g/mol. The summed E-state index contributed by atoms with van der Waals surface area (Å²) in [6.45, 7) is 13.3. The molecule has 5 rings (SSSR count). The molecule has 0 aromatic heterocycles. The van der Waals surface area contributed by atoms with Crippen LogP contribution in [0.5, 0.6) is 0 Å². The number of carbonyl (C=O) groups is 1. The van der Waals surface area contributed by atoms with Gasteiger partial charge >= 0.3 is 6.18 Å². The molecule has 0 saturated carbocycles. The number of halogens is 3. The van der Waals surface area contributed by atoms with Crippen molar-refractivity contribution in [2.75, 3.05) is 57.3 Å². The van der Waals surface area contributed by atoms with Crippen molar-refractivity contribution in [3.63, 3.8) is 0 Å². The maximum Gasteiger partial charge on any atom is 0.430 e. The van der Waals surface area contributed by atoms with Gasteiger partial charge in [0.1, 0.15) is 12.5 Å². The Hall–Kier alpha value is -2.76. The average Bonchev–Trinajstić information content (AvgIpc) is 3.36. The number of hydrogen-bond acceptors (Lipinski definition) is 7. The summed E-state index contributed by atoms with van der Waals surface area (Å²) in [7, 11) is 0. The van der Waals surface area contributed by atoms with Gasteiger partial charge in [0.05, 0.1) is 27.3 Å². The summed E-state index contributed by atoms with van der Waals surface area (Å²) >= 11 is 1.93. The van der Waals surface area contributed by atoms with Crippen molar-refractivity contribution >= 4 is 33.2 Å². The highest BCUT2D eigenvalue weighted by molar-refractivity contribution is 7.21. The van der Waals surface area contributed by atoms with E-state index in [9.17, 15) is 13.2 Å². The normalized spacial score (nSPS) is 18.3. The minimum atomic E-state index is -5.19. The number of carboxylic acids is 1. The number of aromatic nitrogens is 1. The molecule has 1 aromatic carbocycles. The van der Waals surface area contributed by atoms with Crippen LogP contribution in [0.15, 0.2) is 24.3 Å². The number of hydrogen-bond donors (Lipinski definition) is 2. The van der Waals surface area contributed by atoms with E-state index in [2.05, 4.69) is 58.2 Å². The standard InChI is InChI=1S/C26H36N5S.C2HF3O2/c1-3-19-15-21(30-11-5-7-27-9-13-30)17-23-25(19)29-26-20(4-2)16-22(18-24(26)32-23)31-12-6-8-28-10-14-31;3-2(4,5)1(6)7/h15-18,27-28H,3-14H2,1-2H3;(H,6,7)/q+1;/p-1. The molecule has 0 radical (unpaired) electrons. The molecule has 3 aliphatic heterocycles. The maximum absolute atomic E-state index is 10.5. The molecule has 1 aliphatic carbocycles. The molecule has 0 bridgehead atoms. The van der Waals surface area contributed by atoms with Gasteiger partial charge < -0.3 is 25.4 Å². The van der Waals surface area contributed by atoms with Crippen LogP contribution in [-0.2, 0) is 17.6 Å². The molecule has 2 N–H and O–H groups in total. The first kappa shape index (κ1) is 29.2. The third-order valence-electron chi connectivity index (χ3n) is 7.12. The van der Waals surface area contributed by atoms with E-state index in [0.717, 1.165) is 65.2 Å². The SMILES string of the molecule is CCc1cc(=[N+]2CCCNCC2)cc2sc3cc(N4CCCNCC4)cc(CC)c3nc1-2.O=C([O-])C(F)(F)F. The maximum atomic E-state index is 10.5. The number of fused-ring (bicyclic) bond motifs is 2. The molecule has 2 fully saturated rings. The van der Waals surface area contributed by atoms with Gasteiger partial charge in [0.25, 0.3) is 0 Å². The molecule has 0 atom stereocenters. The van der Waals surface area contributed by atoms with Crippen LogP contribution in [0.1, 0.15) is 37.8 Å². The molecule has 2 saturated heterocycles. The largest absolute Gasteiger partial charge is 0.542 e. The van der Waals surface area contributed by atoms with Crippen LogP contribution in [0.25, 0.3) is 20.8 Å². The Kier molecular flexibility index (Phi) is 9.79. The third kappa shape index (κ3) is 7.26. The van der Waals surface area contributed by atoms with Gasteiger partial charge in [0.2, 0.25) is 5.36 Å². The van der Waals surface area contributed by atoms with E-state index in [1.165, 1.54) is 55.8 Å². The minimum absolute atomic E-state index is 1.02. The number of nitrogens with one attached hydrogen (secondary N) is 2. The van der Waals surface area contributed by atoms with Crippen molar-refractivity contribution in [1.29, 1.82) is 0 Å². The van der Waals surface area contributed by atoms with Crippen molar-refractivity contribution in [2.45, 2.75) is 45.7 Å². The van der Waals surface area contributed by atoms with E-state index < -0.39 is 12.1 Å². The zero-order valence-corrected chi connectivity index (χ0v) is 23.3. The molecule has 11 heteroatoms. The number of aliphatic carboxylic acids is 1. The van der Waals surface area contributed by atoms with Crippen LogP contribution >= 0.6 is 11.3 Å². The molecule has 39 heavy (non-hydrogen) atoms. The zero-order valence-electron chi connectivity index (χ0n) is 22.5. The van der Waals surface area contributed by atoms with Crippen molar-refractivity contribution in [3.8, 4) is 10.6 Å². The Balaban J connectivity index is 0.000000448. The zero-order chi connectivity index (χ0) is 28.0. The lowest BCUT2D eigenvalue weighted by Crippen LogP contribution is -2.37. The Morgan fingerprint density at radius 2 is 1.72 bits per heavy atom. The van der Waals surface area contributed by atoms with E-state index in [0.29, 0.717) is 0 Å². The summed E-state index contributed by atoms with van der Waals surface area (Å²) in [5.74, 6) is -3.01. The van der Waals surface area contributed by atoms with Gasteiger partial charge in [0, 0.05) is 50.4 Å². The number of aryl methyl sites for hydroxylation is 2. The van der Waals surface area contributed by atoms with Gasteiger partial charge in [-0.25, -0.2) is 9.56 Å². The number of anilines is 1. The highest BCUT2D eigenvalue weighted by Gasteiger charge is 2.28. The fourth-order valence-electron chi connectivity index (χ4n) is 5.05. The number of rotatable bonds is 3. The second kappa shape index (κ2) is 13.1. The van der Waals surface area contributed by atoms with E-state index in [1.807, 2.05) is 11.3 Å². The smallest absolute Gasteiger partial charge is 0.430 e. The first-order chi connectivity index (χ1) is 18.7. The molecule has 4 aliphatic rings. The van der Waals surface area contributed by atoms with Gasteiger partial charge in [0.15, 0.2) is 6.54 Å². The first-order valence-corrected chi connectivity index (χ1v) is 14.5. The Morgan fingerprint density at radius 1 is 1.00 bits per heavy atom. The van der Waals surface area contributed by atoms with Gasteiger partial charge in [-0.05, 0) is 49.1 Å². The van der Waals surface area contributed by atoms with E-state index in [1.54, 1.807) is 0 Å². The fraction of sp³-hybridized carbons (Fsp3) is 0.536. The summed E-state index contributed by atoms with van der Waals surface area (Å²) in [4.78, 5) is 17.9. The topological polar surface area (TPSA) is 83.3 Å². The van der Waals surface area contributed by atoms with Crippen LogP contribution in [0.3, 0.4) is 0 Å². The second-order valence-electron chi connectivity index (χ2n) is 9.79. The molecule has 3 heterocycles. The van der Waals surface area contributed by atoms with E-state index in [4.69, 9.17) is 14.9 Å². The third-order valence-corrected chi connectivity index (χ3v) is 8.19. The lowest BCUT2D eigenvalue weighted by Gasteiger charge is -2.24. The molecule has 1 aromatic rings. The molecule has 0 amide bonds. The predicted molar refractivity (Wildman–Crippen MR) is 148 cm³/mol. The fourth-order valence-corrected chi connectivity index (χ4v) is 6.19. The number of carboxylic acid groups (broad SMARTS) is 1. The highest BCUT2D eigenvalue weighted by Crippen LogP contribution is 2.36. The van der Waals surface area contributed by atoms with Crippen molar-refractivity contribution in [3.05, 3.63) is 40.7 Å². The summed E-state index contributed by atoms with van der Waals surface area (Å²) in [5.41, 5.74) is 6.50. The Bertz CT molecular complexity index is 1320. The molecular weight excluding hydrogens is 527 g/mol. The van der Waals surface area contributed by atoms with Gasteiger partial charge in [-0.2, -0.15) is 13.2 Å². The van der Waals surface area contributed by atoms with Crippen molar-refractivity contribution in [2.24, 2.45) is 0 Å². The summed E-state index contributed by atoms with van der Waals surface area (Å²) in [6.07, 6.45) is -0.760. The van der Waals surface area contributed by atoms with Crippen LogP contribution in [-0.4, -0.2) is 69.5 Å². The van der Waals surface area contributed by atoms with Gasteiger partial charge in [-0.15, -0.1) is 11.3 Å². The second-order valence-corrected chi connectivity index (χ2v) is 10.9. The number of carbonyl (C=O) groups excluding carboxylic acids is 1. The number of alkyl halides is 3. The predicted octanol–water partition coefficient (Wildman–Crippen LogP) is 2.39. The van der Waals surface area contributed by atoms with E-state index >= 15 is 0 Å². The minimum Gasteiger partial charge on any atom is -0.542 e. The van der Waals surface area contributed by atoms with Crippen LogP contribution in [0.4, 0.5) is 18.9 Å². The Morgan fingerprint density at radius 3 is 2.44 bits per heavy atom. The molecular formula is C28H36F3N5O2S. The summed E-state index contributed by atoms with van der Waals surface area (Å²) in [6, 6.07) is 9.57. The quantitative estimate of drug-likeness (QED) is 0.376. The Labute approximate surface area is 230 Å².